The van der Waals surface area contributed by atoms with Gasteiger partial charge in [0.2, 0.25) is 0 Å². The number of carbonyl (C=O) groups excluding carboxylic acids is 1. The molecule has 0 aliphatic carbocycles. The third-order valence-electron chi connectivity index (χ3n) is 4.77. The molecular weight excluding hydrogens is 271 g/mol. The first-order chi connectivity index (χ1) is 10.1. The van der Waals surface area contributed by atoms with E-state index in [-0.39, 0.29) is 17.3 Å². The number of ether oxygens (including phenoxy) is 1. The van der Waals surface area contributed by atoms with Crippen LogP contribution in [0.2, 0.25) is 0 Å². The van der Waals surface area contributed by atoms with Crippen LogP contribution in [0.4, 0.5) is 4.39 Å². The van der Waals surface area contributed by atoms with Crippen LogP contribution in [0.15, 0.2) is 24.3 Å². The van der Waals surface area contributed by atoms with Crippen LogP contribution >= 0.6 is 0 Å². The SMILES string of the molecule is COCCN1CC[C@]12CCN(C(=O)c1cccc(F)c1)C2. The fourth-order valence-corrected chi connectivity index (χ4v) is 3.43. The van der Waals surface area contributed by atoms with Crippen LogP contribution in [0.5, 0.6) is 0 Å². The van der Waals surface area contributed by atoms with Crippen molar-refractivity contribution in [3.63, 3.8) is 0 Å². The number of hydrogen-bond acceptors (Lipinski definition) is 3. The van der Waals surface area contributed by atoms with E-state index in [0.717, 1.165) is 45.6 Å². The quantitative estimate of drug-likeness (QED) is 0.848. The molecule has 114 valence electrons. The molecule has 2 fully saturated rings. The molecule has 2 aliphatic heterocycles. The van der Waals surface area contributed by atoms with Crippen LogP contribution in [0.25, 0.3) is 0 Å². The van der Waals surface area contributed by atoms with E-state index in [1.165, 1.54) is 12.1 Å². The largest absolute Gasteiger partial charge is 0.383 e. The van der Waals surface area contributed by atoms with Gasteiger partial charge in [0.1, 0.15) is 5.82 Å². The molecule has 0 unspecified atom stereocenters. The highest BCUT2D eigenvalue weighted by Gasteiger charge is 2.49. The van der Waals surface area contributed by atoms with E-state index in [4.69, 9.17) is 4.74 Å². The van der Waals surface area contributed by atoms with Crippen molar-refractivity contribution < 1.29 is 13.9 Å². The van der Waals surface area contributed by atoms with E-state index in [2.05, 4.69) is 4.90 Å². The highest BCUT2D eigenvalue weighted by molar-refractivity contribution is 5.94. The third kappa shape index (κ3) is 2.68. The van der Waals surface area contributed by atoms with Gasteiger partial charge >= 0.3 is 0 Å². The van der Waals surface area contributed by atoms with Crippen LogP contribution in [-0.2, 0) is 4.74 Å². The third-order valence-corrected chi connectivity index (χ3v) is 4.77. The van der Waals surface area contributed by atoms with E-state index in [0.29, 0.717) is 5.56 Å². The molecule has 0 saturated carbocycles. The lowest BCUT2D eigenvalue weighted by molar-refractivity contribution is -0.0213. The summed E-state index contributed by atoms with van der Waals surface area (Å²) in [7, 11) is 1.71. The van der Waals surface area contributed by atoms with Gasteiger partial charge in [-0.15, -0.1) is 0 Å². The highest BCUT2D eigenvalue weighted by atomic mass is 19.1. The Balaban J connectivity index is 1.66. The maximum Gasteiger partial charge on any atom is 0.254 e. The Hall–Kier alpha value is -1.46. The van der Waals surface area contributed by atoms with Crippen molar-refractivity contribution in [3.8, 4) is 0 Å². The Labute approximate surface area is 124 Å². The predicted octanol–water partition coefficient (Wildman–Crippen LogP) is 1.76. The van der Waals surface area contributed by atoms with Gasteiger partial charge in [0.15, 0.2) is 0 Å². The van der Waals surface area contributed by atoms with Crippen LogP contribution < -0.4 is 0 Å². The molecule has 4 nitrogen and oxygen atoms in total. The molecule has 2 saturated heterocycles. The molecule has 2 aliphatic rings. The van der Waals surface area contributed by atoms with Crippen LogP contribution in [0.3, 0.4) is 0 Å². The van der Waals surface area contributed by atoms with E-state index < -0.39 is 0 Å². The number of carbonyl (C=O) groups is 1. The Morgan fingerprint density at radius 2 is 2.19 bits per heavy atom. The van der Waals surface area contributed by atoms with E-state index in [1.54, 1.807) is 19.2 Å². The fourth-order valence-electron chi connectivity index (χ4n) is 3.43. The zero-order valence-electron chi connectivity index (χ0n) is 12.3. The molecule has 0 N–H and O–H groups in total. The van der Waals surface area contributed by atoms with Gasteiger partial charge in [-0.2, -0.15) is 0 Å². The summed E-state index contributed by atoms with van der Waals surface area (Å²) in [4.78, 5) is 16.7. The monoisotopic (exact) mass is 292 g/mol. The Bertz CT molecular complexity index is 537. The number of rotatable bonds is 4. The van der Waals surface area contributed by atoms with Crippen LogP contribution in [0.1, 0.15) is 23.2 Å². The topological polar surface area (TPSA) is 32.8 Å². The van der Waals surface area contributed by atoms with Crippen LogP contribution in [0, 0.1) is 5.82 Å². The number of nitrogens with zero attached hydrogens (tertiary/aromatic N) is 2. The number of methoxy groups -OCH3 is 1. The van der Waals surface area contributed by atoms with Crippen molar-refractivity contribution in [2.45, 2.75) is 18.4 Å². The standard InChI is InChI=1S/C16H21FN2O2/c1-21-10-9-19-8-6-16(19)5-7-18(12-16)15(20)13-3-2-4-14(17)11-13/h2-4,11H,5-10,12H2,1H3/t16-/m0/s1. The summed E-state index contributed by atoms with van der Waals surface area (Å²) in [6.45, 7) is 4.20. The minimum atomic E-state index is -0.361. The Kier molecular flexibility index (Phi) is 3.95. The lowest BCUT2D eigenvalue weighted by atomic mass is 9.84. The summed E-state index contributed by atoms with van der Waals surface area (Å²) in [6, 6.07) is 5.94. The van der Waals surface area contributed by atoms with Crippen molar-refractivity contribution in [2.75, 3.05) is 39.9 Å². The van der Waals surface area contributed by atoms with Crippen LogP contribution in [-0.4, -0.2) is 61.1 Å². The zero-order valence-corrected chi connectivity index (χ0v) is 12.3. The molecule has 2 heterocycles. The maximum atomic E-state index is 13.3. The van der Waals surface area contributed by atoms with E-state index in [1.807, 2.05) is 4.90 Å². The molecule has 1 amide bonds. The van der Waals surface area contributed by atoms with Gasteiger partial charge in [-0.25, -0.2) is 4.39 Å². The normalized spacial score (nSPS) is 25.3. The molecule has 21 heavy (non-hydrogen) atoms. The molecule has 1 aromatic carbocycles. The molecule has 0 radical (unpaired) electrons. The molecule has 1 spiro atoms. The predicted molar refractivity (Wildman–Crippen MR) is 77.7 cm³/mol. The van der Waals surface area contributed by atoms with Crippen molar-refractivity contribution >= 4 is 5.91 Å². The summed E-state index contributed by atoms with van der Waals surface area (Å²) in [5.41, 5.74) is 0.566. The number of likely N-dealkylation sites (tertiary alicyclic amines) is 2. The molecule has 0 bridgehead atoms. The number of halogens is 1. The lowest BCUT2D eigenvalue weighted by Gasteiger charge is -2.50. The van der Waals surface area contributed by atoms with Gasteiger partial charge in [0, 0.05) is 44.4 Å². The van der Waals surface area contributed by atoms with E-state index >= 15 is 0 Å². The van der Waals surface area contributed by atoms with Gasteiger partial charge in [0.25, 0.3) is 5.91 Å². The van der Waals surface area contributed by atoms with Crippen molar-refractivity contribution in [2.24, 2.45) is 0 Å². The van der Waals surface area contributed by atoms with Gasteiger partial charge < -0.3 is 9.64 Å². The van der Waals surface area contributed by atoms with E-state index in [9.17, 15) is 9.18 Å². The van der Waals surface area contributed by atoms with Gasteiger partial charge in [-0.05, 0) is 31.0 Å². The molecule has 3 rings (SSSR count). The summed E-state index contributed by atoms with van der Waals surface area (Å²) in [6.07, 6.45) is 2.13. The molecule has 1 atom stereocenters. The van der Waals surface area contributed by atoms with Crippen molar-refractivity contribution in [1.82, 2.24) is 9.80 Å². The molecule has 0 aromatic heterocycles. The minimum Gasteiger partial charge on any atom is -0.383 e. The number of amides is 1. The second kappa shape index (κ2) is 5.73. The van der Waals surface area contributed by atoms with Gasteiger partial charge in [-0.3, -0.25) is 9.69 Å². The number of hydrogen-bond donors (Lipinski definition) is 0. The first-order valence-electron chi connectivity index (χ1n) is 7.43. The summed E-state index contributed by atoms with van der Waals surface area (Å²) in [5.74, 6) is -0.426. The van der Waals surface area contributed by atoms with Gasteiger partial charge in [-0.1, -0.05) is 6.07 Å². The fraction of sp³-hybridized carbons (Fsp3) is 0.562. The lowest BCUT2D eigenvalue weighted by Crippen LogP contribution is -2.62. The minimum absolute atomic E-state index is 0.0648. The van der Waals surface area contributed by atoms with Crippen molar-refractivity contribution in [1.29, 1.82) is 0 Å². The summed E-state index contributed by atoms with van der Waals surface area (Å²) >= 11 is 0. The average molecular weight is 292 g/mol. The van der Waals surface area contributed by atoms with Crippen molar-refractivity contribution in [3.05, 3.63) is 35.6 Å². The second-order valence-corrected chi connectivity index (χ2v) is 5.94. The highest BCUT2D eigenvalue weighted by Crippen LogP contribution is 2.39. The van der Waals surface area contributed by atoms with Gasteiger partial charge in [0.05, 0.1) is 6.61 Å². The first kappa shape index (κ1) is 14.5. The zero-order chi connectivity index (χ0) is 14.9. The first-order valence-corrected chi connectivity index (χ1v) is 7.43. The molecular formula is C16H21FN2O2. The molecule has 1 aromatic rings. The number of benzene rings is 1. The maximum absolute atomic E-state index is 13.3. The Morgan fingerprint density at radius 3 is 2.86 bits per heavy atom. The Morgan fingerprint density at radius 1 is 1.38 bits per heavy atom. The molecule has 5 heteroatoms. The summed E-state index contributed by atoms with van der Waals surface area (Å²) in [5, 5.41) is 0. The smallest absolute Gasteiger partial charge is 0.254 e. The second-order valence-electron chi connectivity index (χ2n) is 5.94. The summed E-state index contributed by atoms with van der Waals surface area (Å²) < 4.78 is 18.4. The average Bonchev–Trinajstić information content (AvgIpc) is 2.93.